The highest BCUT2D eigenvalue weighted by Gasteiger charge is 2.37. The second-order valence-electron chi connectivity index (χ2n) is 22.7. The van der Waals surface area contributed by atoms with Gasteiger partial charge in [-0.2, -0.15) is 0 Å². The molecule has 0 aliphatic carbocycles. The topological polar surface area (TPSA) is 13.0 Å². The van der Waals surface area contributed by atoms with Crippen LogP contribution < -0.4 is 19.6 Å². The zero-order valence-electron chi connectivity index (χ0n) is 63.2. The summed E-state index contributed by atoms with van der Waals surface area (Å²) in [5.74, 6) is -46.9. The third kappa shape index (κ3) is 10.4. The van der Waals surface area contributed by atoms with Gasteiger partial charge in [0.1, 0.15) is 22.7 Å². The number of benzene rings is 16. The van der Waals surface area contributed by atoms with E-state index in [1.165, 1.54) is 121 Å². The molecule has 0 aromatic heterocycles. The first-order valence-electron chi connectivity index (χ1n) is 35.9. The maximum absolute atomic E-state index is 15.9. The van der Waals surface area contributed by atoms with Crippen molar-refractivity contribution in [3.63, 3.8) is 0 Å². The number of nitrogens with zero attached hydrogens (tertiary/aromatic N) is 4. The number of hydrogen-bond donors (Lipinski definition) is 0. The predicted octanol–water partition coefficient (Wildman–Crippen LogP) is 25.8. The fourth-order valence-corrected chi connectivity index (χ4v) is 12.7. The molecule has 516 valence electrons. The van der Waals surface area contributed by atoms with Crippen LogP contribution in [0.3, 0.4) is 0 Å². The van der Waals surface area contributed by atoms with Gasteiger partial charge in [-0.15, -0.1) is 0 Å². The summed E-state index contributed by atoms with van der Waals surface area (Å²) in [6.07, 6.45) is 0. The summed E-state index contributed by atoms with van der Waals surface area (Å²) in [5.41, 5.74) is -9.77. The van der Waals surface area contributed by atoms with Gasteiger partial charge < -0.3 is 19.6 Å². The molecule has 0 saturated carbocycles. The van der Waals surface area contributed by atoms with Crippen molar-refractivity contribution in [2.75, 3.05) is 19.6 Å². The van der Waals surface area contributed by atoms with Crippen LogP contribution in [-0.2, 0) is 0 Å². The van der Waals surface area contributed by atoms with Crippen molar-refractivity contribution in [3.8, 4) is 0 Å². The van der Waals surface area contributed by atoms with Gasteiger partial charge in [-0.25, -0.2) is 87.8 Å². The van der Waals surface area contributed by atoms with Gasteiger partial charge in [-0.1, -0.05) is 145 Å². The van der Waals surface area contributed by atoms with Crippen LogP contribution in [0.4, 0.5) is 156 Å². The quantitative estimate of drug-likeness (QED) is 0.0523. The summed E-state index contributed by atoms with van der Waals surface area (Å²) in [5, 5.41) is 1.98. The Bertz CT molecular complexity index is 6210. The number of anilines is 12. The lowest BCUT2D eigenvalue weighted by atomic mass is 9.91. The fraction of sp³-hybridized carbons (Fsp3) is 0. The Labute approximate surface area is 589 Å². The number of halogens is 20. The number of hydrogen-bond acceptors (Lipinski definition) is 4. The first-order valence-corrected chi connectivity index (χ1v) is 29.9. The van der Waals surface area contributed by atoms with Crippen molar-refractivity contribution in [3.05, 3.63) is 334 Å². The monoisotopic (exact) mass is 1440 g/mol. The van der Waals surface area contributed by atoms with E-state index in [1.807, 2.05) is 0 Å². The summed E-state index contributed by atoms with van der Waals surface area (Å²) in [6, 6.07) is 20.8. The molecule has 16 rings (SSSR count). The van der Waals surface area contributed by atoms with Crippen LogP contribution >= 0.6 is 0 Å². The van der Waals surface area contributed by atoms with E-state index in [0.29, 0.717) is 21.5 Å². The summed E-state index contributed by atoms with van der Waals surface area (Å²) < 4.78 is 401. The molecule has 0 bridgehead atoms. The molecule has 0 aliphatic rings. The molecule has 0 fully saturated rings. The van der Waals surface area contributed by atoms with Gasteiger partial charge in [0.2, 0.25) is 23.3 Å². The van der Waals surface area contributed by atoms with E-state index in [4.69, 9.17) is 16.4 Å². The molecule has 0 amide bonds. The molecule has 0 N–H and O–H groups in total. The molecule has 0 spiro atoms. The van der Waals surface area contributed by atoms with E-state index < -0.39 is 222 Å². The third-order valence-corrected chi connectivity index (χ3v) is 17.2. The summed E-state index contributed by atoms with van der Waals surface area (Å²) in [6.45, 7) is 0. The van der Waals surface area contributed by atoms with Crippen molar-refractivity contribution >= 4 is 133 Å². The fourth-order valence-electron chi connectivity index (χ4n) is 12.7. The summed E-state index contributed by atoms with van der Waals surface area (Å²) >= 11 is 0. The molecule has 0 heterocycles. The van der Waals surface area contributed by atoms with Crippen LogP contribution in [-0.4, -0.2) is 0 Å². The average Bonchev–Trinajstić information content (AvgIpc) is 0.698. The van der Waals surface area contributed by atoms with Crippen LogP contribution in [0.15, 0.2) is 218 Å². The Balaban J connectivity index is 0.000000184. The van der Waals surface area contributed by atoms with Crippen molar-refractivity contribution in [2.24, 2.45) is 0 Å². The van der Waals surface area contributed by atoms with Crippen molar-refractivity contribution < 1.29 is 104 Å². The summed E-state index contributed by atoms with van der Waals surface area (Å²) in [7, 11) is 0. The lowest BCUT2D eigenvalue weighted by molar-refractivity contribution is 0.380. The first-order chi connectivity index (χ1) is 54.9. The van der Waals surface area contributed by atoms with Crippen LogP contribution in [0.1, 0.15) is 16.4 Å². The molecular formula is C80H36F20N4. The smallest absolute Gasteiger partial charge is 0.200 e. The second-order valence-corrected chi connectivity index (χ2v) is 22.7. The zero-order chi connectivity index (χ0) is 83.6. The van der Waals surface area contributed by atoms with Crippen LogP contribution in [0.5, 0.6) is 0 Å². The average molecular weight is 1450 g/mol. The molecule has 0 unspecified atom stereocenters. The predicted molar refractivity (Wildman–Crippen MR) is 358 cm³/mol. The third-order valence-electron chi connectivity index (χ3n) is 17.2. The highest BCUT2D eigenvalue weighted by Crippen LogP contribution is 2.53. The molecular weight excluding hydrogens is 1400 g/mol. The van der Waals surface area contributed by atoms with E-state index in [0.717, 1.165) is 21.9 Å². The van der Waals surface area contributed by atoms with E-state index in [-0.39, 0.29) is 87.7 Å². The number of rotatable bonds is 12. The standard InChI is InChI=1S/2C40H18F10N2/c2*41-29-31(43)35(47)39(36(48)32(29)44)51(21-7-3-1-4-8-21)25-17-13-19-12-16-24-26(18-14-20-11-15-23(25)27(19)28(20)24)52(22-9-5-2-6-10-22)40-37(49)33(45)30(42)34(46)38(40)50/h2*1-18H/i1D,2D,3D,4D,5D,6D,7D,8D,9D,10D;1D,2D. The lowest BCUT2D eigenvalue weighted by Gasteiger charge is -2.30. The minimum Gasteiger partial charge on any atom is -0.304 e. The van der Waals surface area contributed by atoms with Gasteiger partial charge >= 0.3 is 0 Å². The van der Waals surface area contributed by atoms with Crippen LogP contribution in [0, 0.1) is 116 Å². The van der Waals surface area contributed by atoms with Crippen molar-refractivity contribution in [2.45, 2.75) is 0 Å². The maximum atomic E-state index is 15.9. The molecule has 0 atom stereocenters. The number of para-hydroxylation sites is 4. The Morgan fingerprint density at radius 1 is 0.183 bits per heavy atom. The van der Waals surface area contributed by atoms with Gasteiger partial charge in [-0.05, 0) is 116 Å². The maximum Gasteiger partial charge on any atom is 0.200 e. The first kappa shape index (κ1) is 54.2. The van der Waals surface area contributed by atoms with E-state index in [9.17, 15) is 52.7 Å². The lowest BCUT2D eigenvalue weighted by Crippen LogP contribution is -2.18. The van der Waals surface area contributed by atoms with Crippen LogP contribution in [0.2, 0.25) is 0 Å². The Hall–Kier alpha value is -12.6. The van der Waals surface area contributed by atoms with Gasteiger partial charge in [0.05, 0.1) is 39.2 Å². The molecule has 4 nitrogen and oxygen atoms in total. The van der Waals surface area contributed by atoms with E-state index >= 15 is 35.1 Å². The largest absolute Gasteiger partial charge is 0.304 e. The zero-order valence-corrected chi connectivity index (χ0v) is 51.2. The van der Waals surface area contributed by atoms with Crippen LogP contribution in [0.25, 0.3) is 64.6 Å². The summed E-state index contributed by atoms with van der Waals surface area (Å²) in [4.78, 5) is 2.09. The molecule has 24 heteroatoms. The Morgan fingerprint density at radius 2 is 0.365 bits per heavy atom. The highest BCUT2D eigenvalue weighted by atomic mass is 19.2. The van der Waals surface area contributed by atoms with Gasteiger partial charge in [0.15, 0.2) is 93.1 Å². The molecule has 0 saturated heterocycles. The van der Waals surface area contributed by atoms with E-state index in [1.54, 1.807) is 12.1 Å². The molecule has 0 aliphatic heterocycles. The Morgan fingerprint density at radius 3 is 0.577 bits per heavy atom. The molecule has 104 heavy (non-hydrogen) atoms. The van der Waals surface area contributed by atoms with Crippen molar-refractivity contribution in [1.29, 1.82) is 0 Å². The molecule has 0 radical (unpaired) electrons. The highest BCUT2D eigenvalue weighted by molar-refractivity contribution is 6.30. The Kier molecular flexibility index (Phi) is 13.4. The molecule has 16 aromatic rings. The minimum atomic E-state index is -2.58. The normalized spacial score (nSPS) is 13.3. The van der Waals surface area contributed by atoms with Crippen molar-refractivity contribution in [1.82, 2.24) is 0 Å². The van der Waals surface area contributed by atoms with E-state index in [2.05, 4.69) is 0 Å². The minimum absolute atomic E-state index is 0.0188. The molecule has 16 aromatic carbocycles. The van der Waals surface area contributed by atoms with Gasteiger partial charge in [-0.3, -0.25) is 0 Å². The SMILES string of the molecule is [2H]c1c([2H])c([2H])c(N(c2c(F)c(F)c(F)c(F)c2F)c2ccc3ccc4c(N(c5c([2H])c([2H])c([2H])c([2H])c5[2H])c5c(F)c(F)c(F)c(F)c5F)ccc5ccc2c3c54)c([2H])c1[2H].[2H]c1ccc(N(c2c(F)c(F)c(F)c(F)c2F)c2ccc3ccc4c(N(c5ccc([2H])cc5)c5c(F)c(F)c(F)c(F)c5F)ccc5ccc2c3c54)cc1. The second kappa shape index (κ2) is 25.8. The van der Waals surface area contributed by atoms with Gasteiger partial charge in [0.25, 0.3) is 0 Å². The van der Waals surface area contributed by atoms with Gasteiger partial charge in [0, 0.05) is 44.3 Å².